The highest BCUT2D eigenvalue weighted by atomic mass is 31.2. The van der Waals surface area contributed by atoms with Crippen LogP contribution in [0.4, 0.5) is 5.82 Å². The molecule has 0 radical (unpaired) electrons. The van der Waals surface area contributed by atoms with Crippen molar-refractivity contribution in [1.29, 1.82) is 0 Å². The van der Waals surface area contributed by atoms with E-state index in [4.69, 9.17) is 18.5 Å². The first-order chi connectivity index (χ1) is 15.0. The first-order valence-electron chi connectivity index (χ1n) is 10.9. The van der Waals surface area contributed by atoms with Crippen molar-refractivity contribution in [3.63, 3.8) is 0 Å². The van der Waals surface area contributed by atoms with Crippen LogP contribution < -0.4 is 5.32 Å². The van der Waals surface area contributed by atoms with Crippen LogP contribution in [-0.4, -0.2) is 62.5 Å². The Morgan fingerprint density at radius 2 is 2.10 bits per heavy atom. The Morgan fingerprint density at radius 1 is 1.26 bits per heavy atom. The molecule has 2 aliphatic heterocycles. The number of ether oxygens (including phenoxy) is 2. The lowest BCUT2D eigenvalue weighted by atomic mass is 10.1. The van der Waals surface area contributed by atoms with E-state index in [-0.39, 0.29) is 6.61 Å². The SMILES string of the molecule is CCCCCO[C@@H]1[C@@H]2OP(=O)(O)OC[C@H]2O[C@H]1n1cnc2c(NCCCC)ncnc21. The van der Waals surface area contributed by atoms with Crippen molar-refractivity contribution in [2.75, 3.05) is 25.1 Å². The number of fused-ring (bicyclic) bond motifs is 2. The maximum Gasteiger partial charge on any atom is 0.472 e. The molecule has 0 aromatic carbocycles. The number of phosphoric ester groups is 1. The van der Waals surface area contributed by atoms with Crippen molar-refractivity contribution in [2.24, 2.45) is 0 Å². The molecule has 2 aromatic heterocycles. The summed E-state index contributed by atoms with van der Waals surface area (Å²) < 4.78 is 36.4. The van der Waals surface area contributed by atoms with E-state index in [2.05, 4.69) is 34.1 Å². The number of phosphoric acid groups is 1. The number of nitrogens with one attached hydrogen (secondary N) is 1. The lowest BCUT2D eigenvalue weighted by Gasteiger charge is -2.29. The average molecular weight is 455 g/mol. The number of imidazole rings is 1. The number of rotatable bonds is 10. The van der Waals surface area contributed by atoms with Gasteiger partial charge in [-0.2, -0.15) is 0 Å². The molecule has 4 rings (SSSR count). The van der Waals surface area contributed by atoms with Gasteiger partial charge in [0.2, 0.25) is 0 Å². The van der Waals surface area contributed by atoms with Gasteiger partial charge in [0.25, 0.3) is 0 Å². The molecule has 12 heteroatoms. The number of aromatic nitrogens is 4. The van der Waals surface area contributed by atoms with Crippen LogP contribution in [0.3, 0.4) is 0 Å². The number of hydrogen-bond donors (Lipinski definition) is 2. The Hall–Kier alpha value is -1.62. The second-order valence-corrected chi connectivity index (χ2v) is 9.17. The van der Waals surface area contributed by atoms with Crippen LogP contribution >= 0.6 is 7.82 Å². The van der Waals surface area contributed by atoms with Crippen molar-refractivity contribution in [1.82, 2.24) is 19.5 Å². The Morgan fingerprint density at radius 3 is 2.90 bits per heavy atom. The summed E-state index contributed by atoms with van der Waals surface area (Å²) >= 11 is 0. The molecule has 2 N–H and O–H groups in total. The fourth-order valence-corrected chi connectivity index (χ4v) is 4.80. The van der Waals surface area contributed by atoms with E-state index < -0.39 is 32.4 Å². The van der Waals surface area contributed by atoms with Crippen LogP contribution in [0.5, 0.6) is 0 Å². The summed E-state index contributed by atoms with van der Waals surface area (Å²) in [5, 5.41) is 3.30. The number of hydrogen-bond acceptors (Lipinski definition) is 9. The van der Waals surface area contributed by atoms with Crippen LogP contribution in [0.25, 0.3) is 11.2 Å². The van der Waals surface area contributed by atoms with Crippen LogP contribution in [0.15, 0.2) is 12.7 Å². The number of anilines is 1. The molecular formula is C19H30N5O6P. The third-order valence-corrected chi connectivity index (χ3v) is 6.44. The van der Waals surface area contributed by atoms with E-state index in [0.717, 1.165) is 38.6 Å². The summed E-state index contributed by atoms with van der Waals surface area (Å²) in [6, 6.07) is 0. The van der Waals surface area contributed by atoms with Gasteiger partial charge in [-0.1, -0.05) is 33.1 Å². The lowest BCUT2D eigenvalue weighted by Crippen LogP contribution is -2.40. The highest BCUT2D eigenvalue weighted by molar-refractivity contribution is 7.47. The maximum atomic E-state index is 12.0. The molecule has 11 nitrogen and oxygen atoms in total. The zero-order valence-electron chi connectivity index (χ0n) is 17.8. The minimum Gasteiger partial charge on any atom is -0.371 e. The molecular weight excluding hydrogens is 425 g/mol. The van der Waals surface area contributed by atoms with Crippen molar-refractivity contribution in [3.8, 4) is 0 Å². The number of nitrogens with zero attached hydrogens (tertiary/aromatic N) is 4. The first-order valence-corrected chi connectivity index (χ1v) is 12.4. The van der Waals surface area contributed by atoms with Gasteiger partial charge in [0.1, 0.15) is 24.6 Å². The van der Waals surface area contributed by atoms with Crippen LogP contribution in [0.2, 0.25) is 0 Å². The van der Waals surface area contributed by atoms with Gasteiger partial charge in [0, 0.05) is 13.2 Å². The van der Waals surface area contributed by atoms with Crippen LogP contribution in [-0.2, 0) is 23.1 Å². The van der Waals surface area contributed by atoms with Gasteiger partial charge in [0.05, 0.1) is 12.9 Å². The summed E-state index contributed by atoms with van der Waals surface area (Å²) in [6.07, 6.45) is 5.70. The molecule has 5 atom stereocenters. The van der Waals surface area contributed by atoms with Gasteiger partial charge >= 0.3 is 7.82 Å². The maximum absolute atomic E-state index is 12.0. The highest BCUT2D eigenvalue weighted by Crippen LogP contribution is 2.53. The minimum atomic E-state index is -4.13. The monoisotopic (exact) mass is 455 g/mol. The van der Waals surface area contributed by atoms with Gasteiger partial charge in [-0.25, -0.2) is 19.5 Å². The summed E-state index contributed by atoms with van der Waals surface area (Å²) in [7, 11) is -4.13. The largest absolute Gasteiger partial charge is 0.472 e. The van der Waals surface area contributed by atoms with Crippen molar-refractivity contribution >= 4 is 24.8 Å². The zero-order valence-corrected chi connectivity index (χ0v) is 18.7. The van der Waals surface area contributed by atoms with Crippen molar-refractivity contribution in [2.45, 2.75) is 70.5 Å². The molecule has 2 fully saturated rings. The molecule has 31 heavy (non-hydrogen) atoms. The van der Waals surface area contributed by atoms with E-state index in [1.807, 2.05) is 0 Å². The molecule has 2 aliphatic rings. The molecule has 1 unspecified atom stereocenters. The fraction of sp³-hybridized carbons (Fsp3) is 0.737. The molecule has 0 spiro atoms. The predicted octanol–water partition coefficient (Wildman–Crippen LogP) is 3.03. The van der Waals surface area contributed by atoms with E-state index in [1.165, 1.54) is 6.33 Å². The smallest absolute Gasteiger partial charge is 0.371 e. The van der Waals surface area contributed by atoms with Crippen molar-refractivity contribution < 1.29 is 28.0 Å². The van der Waals surface area contributed by atoms with Gasteiger partial charge in [0.15, 0.2) is 23.2 Å². The van der Waals surface area contributed by atoms with Crippen LogP contribution in [0, 0.1) is 0 Å². The van der Waals surface area contributed by atoms with Gasteiger partial charge < -0.3 is 19.7 Å². The van der Waals surface area contributed by atoms with Crippen molar-refractivity contribution in [3.05, 3.63) is 12.7 Å². The van der Waals surface area contributed by atoms with E-state index in [0.29, 0.717) is 23.6 Å². The zero-order chi connectivity index (χ0) is 21.8. The van der Waals surface area contributed by atoms with Gasteiger partial charge in [-0.15, -0.1) is 0 Å². The molecule has 0 amide bonds. The van der Waals surface area contributed by atoms with E-state index in [1.54, 1.807) is 10.9 Å². The number of unbranched alkanes of at least 4 members (excludes halogenated alkanes) is 3. The van der Waals surface area contributed by atoms with Crippen LogP contribution in [0.1, 0.15) is 52.2 Å². The normalized spacial score (nSPS) is 30.5. The summed E-state index contributed by atoms with van der Waals surface area (Å²) in [4.78, 5) is 23.0. The minimum absolute atomic E-state index is 0.0464. The second kappa shape index (κ2) is 9.89. The highest BCUT2D eigenvalue weighted by Gasteiger charge is 2.54. The Labute approximate surface area is 181 Å². The molecule has 172 valence electrons. The molecule has 0 aliphatic carbocycles. The second-order valence-electron chi connectivity index (χ2n) is 7.77. The third kappa shape index (κ3) is 4.92. The molecule has 2 saturated heterocycles. The fourth-order valence-electron chi connectivity index (χ4n) is 3.85. The van der Waals surface area contributed by atoms with E-state index >= 15 is 0 Å². The third-order valence-electron chi connectivity index (χ3n) is 5.46. The molecule has 0 saturated carbocycles. The summed E-state index contributed by atoms with van der Waals surface area (Å²) in [6.45, 7) is 5.48. The predicted molar refractivity (Wildman–Crippen MR) is 113 cm³/mol. The molecule has 2 aromatic rings. The Balaban J connectivity index is 1.60. The van der Waals surface area contributed by atoms with Gasteiger partial charge in [-0.3, -0.25) is 13.6 Å². The van der Waals surface area contributed by atoms with E-state index in [9.17, 15) is 9.46 Å². The van der Waals surface area contributed by atoms with Gasteiger partial charge in [-0.05, 0) is 12.8 Å². The quantitative estimate of drug-likeness (QED) is 0.407. The lowest BCUT2D eigenvalue weighted by molar-refractivity contribution is -0.0685. The standard InChI is InChI=1S/C19H30N5O6P/c1-3-5-7-9-27-16-15-13(10-28-31(25,26)30-15)29-19(16)24-12-23-14-17(20-8-6-4-2)21-11-22-18(14)24/h11-13,15-16,19H,3-10H2,1-2H3,(H,25,26)(H,20,21,22)/t13-,15-,16-,19-/m1/s1. The Kier molecular flexibility index (Phi) is 7.20. The molecule has 4 heterocycles. The average Bonchev–Trinajstić information content (AvgIpc) is 3.32. The summed E-state index contributed by atoms with van der Waals surface area (Å²) in [5.74, 6) is 0.660. The molecule has 0 bridgehead atoms. The Bertz CT molecular complexity index is 926. The summed E-state index contributed by atoms with van der Waals surface area (Å²) in [5.41, 5.74) is 1.22. The topological polar surface area (TPSA) is 130 Å². The first kappa shape index (κ1) is 22.6.